The molecule has 0 saturated carbocycles. The first kappa shape index (κ1) is 28.8. The van der Waals surface area contributed by atoms with E-state index in [0.717, 1.165) is 25.7 Å². The molecule has 0 atom stereocenters. The number of carbonyl (C=O) groups is 2. The monoisotopic (exact) mass is 434 g/mol. The molecule has 0 bridgehead atoms. The fraction of sp³-hybridized carbons (Fsp3) is 0.909. The van der Waals surface area contributed by atoms with E-state index in [9.17, 15) is 9.59 Å². The van der Waals surface area contributed by atoms with Crippen molar-refractivity contribution in [3.8, 4) is 0 Å². The number of hydrogen-bond donors (Lipinski definition) is 0. The summed E-state index contributed by atoms with van der Waals surface area (Å²) in [5.74, 6) is -0.335. The third-order valence-corrected chi connectivity index (χ3v) is 4.70. The largest absolute Gasteiger partial charge is 0.463 e. The molecule has 0 saturated heterocycles. The van der Waals surface area contributed by atoms with Crippen molar-refractivity contribution in [2.45, 2.75) is 53.4 Å². The first-order valence-electron chi connectivity index (χ1n) is 11.2. The zero-order valence-corrected chi connectivity index (χ0v) is 19.3. The second-order valence-electron chi connectivity index (χ2n) is 6.81. The van der Waals surface area contributed by atoms with E-state index in [0.29, 0.717) is 52.9 Å². The van der Waals surface area contributed by atoms with Crippen LogP contribution < -0.4 is 0 Å². The maximum absolute atomic E-state index is 11.7. The molecule has 0 heterocycles. The Hall–Kier alpha value is -1.22. The Bertz CT molecular complexity index is 370. The van der Waals surface area contributed by atoms with Crippen molar-refractivity contribution in [1.29, 1.82) is 0 Å². The van der Waals surface area contributed by atoms with Gasteiger partial charge in [-0.1, -0.05) is 27.7 Å². The molecule has 0 spiro atoms. The zero-order chi connectivity index (χ0) is 22.5. The minimum absolute atomic E-state index is 0.0179. The van der Waals surface area contributed by atoms with Crippen LogP contribution in [0.1, 0.15) is 53.4 Å². The molecule has 0 aromatic carbocycles. The topological polar surface area (TPSA) is 89.5 Å². The van der Waals surface area contributed by atoms with Gasteiger partial charge in [-0.05, 0) is 25.7 Å². The van der Waals surface area contributed by atoms with Crippen molar-refractivity contribution in [2.24, 2.45) is 11.8 Å². The molecule has 0 aliphatic carbocycles. The fourth-order valence-corrected chi connectivity index (χ4v) is 2.64. The molecule has 0 radical (unpaired) electrons. The van der Waals surface area contributed by atoms with E-state index in [1.807, 2.05) is 27.7 Å². The lowest BCUT2D eigenvalue weighted by molar-refractivity contribution is -0.151. The van der Waals surface area contributed by atoms with Crippen LogP contribution in [0.5, 0.6) is 0 Å². The number of rotatable bonds is 21. The molecular formula is C22H42O8. The van der Waals surface area contributed by atoms with Crippen LogP contribution in [-0.4, -0.2) is 78.0 Å². The molecule has 0 aliphatic rings. The smallest absolute Gasteiger partial charge is 0.308 e. The van der Waals surface area contributed by atoms with E-state index in [1.54, 1.807) is 0 Å². The zero-order valence-electron chi connectivity index (χ0n) is 19.3. The van der Waals surface area contributed by atoms with Crippen LogP contribution in [0.3, 0.4) is 0 Å². The Morgan fingerprint density at radius 1 is 0.467 bits per heavy atom. The number of ether oxygens (including phenoxy) is 6. The van der Waals surface area contributed by atoms with E-state index < -0.39 is 0 Å². The van der Waals surface area contributed by atoms with Crippen molar-refractivity contribution in [1.82, 2.24) is 0 Å². The van der Waals surface area contributed by atoms with Gasteiger partial charge in [-0.2, -0.15) is 0 Å². The van der Waals surface area contributed by atoms with Gasteiger partial charge in [0.05, 0.1) is 64.7 Å². The average molecular weight is 435 g/mol. The quantitative estimate of drug-likeness (QED) is 0.201. The van der Waals surface area contributed by atoms with Crippen LogP contribution in [0, 0.1) is 11.8 Å². The molecule has 0 N–H and O–H groups in total. The van der Waals surface area contributed by atoms with E-state index in [1.165, 1.54) is 0 Å². The molecular weight excluding hydrogens is 392 g/mol. The highest BCUT2D eigenvalue weighted by molar-refractivity contribution is 5.72. The maximum atomic E-state index is 11.7. The summed E-state index contributed by atoms with van der Waals surface area (Å²) in [5.41, 5.74) is 0. The minimum Gasteiger partial charge on any atom is -0.463 e. The van der Waals surface area contributed by atoms with Crippen molar-refractivity contribution < 1.29 is 38.0 Å². The highest BCUT2D eigenvalue weighted by atomic mass is 16.6. The normalized spacial score (nSPS) is 11.3. The fourth-order valence-electron chi connectivity index (χ4n) is 2.64. The summed E-state index contributed by atoms with van der Waals surface area (Å²) >= 11 is 0. The number of carbonyl (C=O) groups excluding carboxylic acids is 2. The van der Waals surface area contributed by atoms with Gasteiger partial charge in [0, 0.05) is 0 Å². The molecule has 0 unspecified atom stereocenters. The molecule has 8 heteroatoms. The molecule has 0 aromatic rings. The standard InChI is InChI=1S/C22H42O8/c1-5-19(6-2)21(23)29-17-15-27-13-11-25-9-10-26-12-14-28-16-18-30-22(24)20(7-3)8-4/h19-20H,5-18H2,1-4H3. The highest BCUT2D eigenvalue weighted by Crippen LogP contribution is 2.10. The van der Waals surface area contributed by atoms with Crippen LogP contribution in [0.4, 0.5) is 0 Å². The van der Waals surface area contributed by atoms with Gasteiger partial charge in [0.1, 0.15) is 13.2 Å². The second-order valence-corrected chi connectivity index (χ2v) is 6.81. The van der Waals surface area contributed by atoms with E-state index in [-0.39, 0.29) is 37.0 Å². The van der Waals surface area contributed by atoms with Crippen LogP contribution in [0.25, 0.3) is 0 Å². The second kappa shape index (κ2) is 21.0. The Kier molecular flexibility index (Phi) is 20.2. The van der Waals surface area contributed by atoms with Crippen LogP contribution >= 0.6 is 0 Å². The van der Waals surface area contributed by atoms with Crippen LogP contribution in [0.2, 0.25) is 0 Å². The summed E-state index contributed by atoms with van der Waals surface area (Å²) < 4.78 is 31.8. The summed E-state index contributed by atoms with van der Waals surface area (Å²) in [5, 5.41) is 0. The predicted octanol–water partition coefficient (Wildman–Crippen LogP) is 3.01. The van der Waals surface area contributed by atoms with Crippen molar-refractivity contribution in [3.05, 3.63) is 0 Å². The van der Waals surface area contributed by atoms with Gasteiger partial charge in [0.25, 0.3) is 0 Å². The van der Waals surface area contributed by atoms with Gasteiger partial charge in [0.2, 0.25) is 0 Å². The summed E-state index contributed by atoms with van der Waals surface area (Å²) in [6.07, 6.45) is 3.19. The summed E-state index contributed by atoms with van der Waals surface area (Å²) in [6.45, 7) is 12.0. The van der Waals surface area contributed by atoms with Gasteiger partial charge in [-0.25, -0.2) is 0 Å². The number of hydrogen-bond acceptors (Lipinski definition) is 8. The molecule has 0 aromatic heterocycles. The molecule has 8 nitrogen and oxygen atoms in total. The lowest BCUT2D eigenvalue weighted by Gasteiger charge is -2.12. The summed E-state index contributed by atoms with van der Waals surface area (Å²) in [7, 11) is 0. The average Bonchev–Trinajstić information content (AvgIpc) is 2.75. The van der Waals surface area contributed by atoms with Crippen molar-refractivity contribution in [2.75, 3.05) is 66.1 Å². The van der Waals surface area contributed by atoms with Crippen molar-refractivity contribution in [3.63, 3.8) is 0 Å². The van der Waals surface area contributed by atoms with Gasteiger partial charge in [0.15, 0.2) is 0 Å². The van der Waals surface area contributed by atoms with Gasteiger partial charge in [-0.3, -0.25) is 9.59 Å². The first-order valence-corrected chi connectivity index (χ1v) is 11.2. The third-order valence-electron chi connectivity index (χ3n) is 4.70. The summed E-state index contributed by atoms with van der Waals surface area (Å²) in [4.78, 5) is 23.3. The maximum Gasteiger partial charge on any atom is 0.308 e. The molecule has 30 heavy (non-hydrogen) atoms. The predicted molar refractivity (Wildman–Crippen MR) is 113 cm³/mol. The SMILES string of the molecule is CCC(CC)C(=O)OCCOCCOCCOCCOCCOC(=O)C(CC)CC. The van der Waals surface area contributed by atoms with Crippen molar-refractivity contribution >= 4 is 11.9 Å². The van der Waals surface area contributed by atoms with E-state index >= 15 is 0 Å². The molecule has 0 amide bonds. The lowest BCUT2D eigenvalue weighted by Crippen LogP contribution is -2.19. The van der Waals surface area contributed by atoms with Crippen LogP contribution in [0.15, 0.2) is 0 Å². The van der Waals surface area contributed by atoms with Crippen LogP contribution in [-0.2, 0) is 38.0 Å². The van der Waals surface area contributed by atoms with E-state index in [4.69, 9.17) is 28.4 Å². The highest BCUT2D eigenvalue weighted by Gasteiger charge is 2.15. The number of esters is 2. The summed E-state index contributed by atoms with van der Waals surface area (Å²) in [6, 6.07) is 0. The molecule has 0 rings (SSSR count). The Balaban J connectivity index is 3.28. The molecule has 0 aliphatic heterocycles. The Labute approximate surface area is 181 Å². The van der Waals surface area contributed by atoms with Gasteiger partial charge >= 0.3 is 11.9 Å². The lowest BCUT2D eigenvalue weighted by atomic mass is 10.0. The Morgan fingerprint density at radius 3 is 0.933 bits per heavy atom. The molecule has 178 valence electrons. The molecule has 0 fully saturated rings. The Morgan fingerprint density at radius 2 is 0.700 bits per heavy atom. The van der Waals surface area contributed by atoms with Gasteiger partial charge in [-0.15, -0.1) is 0 Å². The first-order chi connectivity index (χ1) is 14.6. The van der Waals surface area contributed by atoms with Gasteiger partial charge < -0.3 is 28.4 Å². The van der Waals surface area contributed by atoms with E-state index in [2.05, 4.69) is 0 Å². The minimum atomic E-state index is -0.149. The third kappa shape index (κ3) is 15.6.